The monoisotopic (exact) mass is 284 g/mol. The Morgan fingerprint density at radius 3 is 2.20 bits per heavy atom. The lowest BCUT2D eigenvalue weighted by atomic mass is 9.97. The second kappa shape index (κ2) is 5.60. The zero-order chi connectivity index (χ0) is 14.9. The van der Waals surface area contributed by atoms with Gasteiger partial charge in [-0.3, -0.25) is 5.84 Å². The number of hydrazine groups is 1. The highest BCUT2D eigenvalue weighted by Crippen LogP contribution is 2.27. The summed E-state index contributed by atoms with van der Waals surface area (Å²) in [7, 11) is 0. The molecule has 0 amide bonds. The van der Waals surface area contributed by atoms with Crippen LogP contribution < -0.4 is 11.3 Å². The van der Waals surface area contributed by atoms with E-state index in [2.05, 4.69) is 5.43 Å². The molecule has 0 aromatic heterocycles. The van der Waals surface area contributed by atoms with Crippen molar-refractivity contribution in [3.8, 4) is 0 Å². The number of nitrogens with one attached hydrogen (secondary N) is 1. The smallest absolute Gasteiger partial charge is 0.159 e. The first-order valence-corrected chi connectivity index (χ1v) is 5.80. The van der Waals surface area contributed by atoms with Crippen LogP contribution in [0.3, 0.4) is 0 Å². The van der Waals surface area contributed by atoms with Crippen LogP contribution in [0.25, 0.3) is 0 Å². The first-order chi connectivity index (χ1) is 9.43. The SMILES string of the molecule is Cc1cc(C(NN)c2ccc(F)c(F)c2)c(F)cc1F. The Hall–Kier alpha value is -1.92. The van der Waals surface area contributed by atoms with Crippen molar-refractivity contribution in [3.63, 3.8) is 0 Å². The van der Waals surface area contributed by atoms with Gasteiger partial charge in [-0.1, -0.05) is 6.07 Å². The molecule has 0 saturated carbocycles. The lowest BCUT2D eigenvalue weighted by Gasteiger charge is -2.18. The van der Waals surface area contributed by atoms with Gasteiger partial charge in [0.1, 0.15) is 11.6 Å². The van der Waals surface area contributed by atoms with E-state index in [4.69, 9.17) is 5.84 Å². The van der Waals surface area contributed by atoms with Crippen LogP contribution in [-0.4, -0.2) is 0 Å². The number of hydrogen-bond donors (Lipinski definition) is 2. The van der Waals surface area contributed by atoms with Crippen LogP contribution in [0.5, 0.6) is 0 Å². The molecule has 0 bridgehead atoms. The lowest BCUT2D eigenvalue weighted by Crippen LogP contribution is -2.29. The molecule has 0 fully saturated rings. The van der Waals surface area contributed by atoms with Gasteiger partial charge in [0.25, 0.3) is 0 Å². The summed E-state index contributed by atoms with van der Waals surface area (Å²) in [5.41, 5.74) is 2.83. The second-order valence-electron chi connectivity index (χ2n) is 4.40. The molecule has 0 aliphatic rings. The maximum absolute atomic E-state index is 13.8. The van der Waals surface area contributed by atoms with E-state index < -0.39 is 29.3 Å². The maximum Gasteiger partial charge on any atom is 0.159 e. The van der Waals surface area contributed by atoms with Crippen LogP contribution in [0, 0.1) is 30.2 Å². The van der Waals surface area contributed by atoms with Crippen LogP contribution in [-0.2, 0) is 0 Å². The minimum absolute atomic E-state index is 0.0532. The Bertz CT molecular complexity index is 643. The lowest BCUT2D eigenvalue weighted by molar-refractivity contribution is 0.501. The minimum Gasteiger partial charge on any atom is -0.271 e. The van der Waals surface area contributed by atoms with E-state index in [1.807, 2.05) is 0 Å². The van der Waals surface area contributed by atoms with Crippen molar-refractivity contribution in [2.45, 2.75) is 13.0 Å². The first kappa shape index (κ1) is 14.5. The molecule has 0 radical (unpaired) electrons. The van der Waals surface area contributed by atoms with E-state index >= 15 is 0 Å². The molecule has 1 atom stereocenters. The molecule has 2 rings (SSSR count). The fraction of sp³-hybridized carbons (Fsp3) is 0.143. The van der Waals surface area contributed by atoms with Crippen LogP contribution in [0.15, 0.2) is 30.3 Å². The first-order valence-electron chi connectivity index (χ1n) is 5.80. The predicted molar refractivity (Wildman–Crippen MR) is 66.6 cm³/mol. The van der Waals surface area contributed by atoms with Gasteiger partial charge in [-0.25, -0.2) is 23.0 Å². The van der Waals surface area contributed by atoms with Gasteiger partial charge in [-0.05, 0) is 36.2 Å². The Balaban J connectivity index is 2.52. The van der Waals surface area contributed by atoms with Crippen LogP contribution in [0.4, 0.5) is 17.6 Å². The van der Waals surface area contributed by atoms with Crippen molar-refractivity contribution in [2.24, 2.45) is 5.84 Å². The summed E-state index contributed by atoms with van der Waals surface area (Å²) in [6.45, 7) is 1.47. The molecular formula is C14H12F4N2. The molecule has 1 unspecified atom stereocenters. The number of rotatable bonds is 3. The zero-order valence-corrected chi connectivity index (χ0v) is 10.6. The van der Waals surface area contributed by atoms with Crippen molar-refractivity contribution in [1.29, 1.82) is 0 Å². The normalized spacial score (nSPS) is 12.5. The topological polar surface area (TPSA) is 38.0 Å². The fourth-order valence-electron chi connectivity index (χ4n) is 1.96. The summed E-state index contributed by atoms with van der Waals surface area (Å²) in [6.07, 6.45) is 0. The van der Waals surface area contributed by atoms with Gasteiger partial charge in [-0.2, -0.15) is 0 Å². The van der Waals surface area contributed by atoms with Gasteiger partial charge in [0.15, 0.2) is 11.6 Å². The van der Waals surface area contributed by atoms with Gasteiger partial charge in [0, 0.05) is 11.6 Å². The van der Waals surface area contributed by atoms with Crippen molar-refractivity contribution in [3.05, 3.63) is 70.3 Å². The van der Waals surface area contributed by atoms with E-state index in [-0.39, 0.29) is 16.7 Å². The molecule has 2 aromatic carbocycles. The summed E-state index contributed by atoms with van der Waals surface area (Å²) in [5.74, 6) is 1.77. The van der Waals surface area contributed by atoms with Crippen molar-refractivity contribution < 1.29 is 17.6 Å². The number of halogens is 4. The van der Waals surface area contributed by atoms with Crippen molar-refractivity contribution in [1.82, 2.24) is 5.43 Å². The van der Waals surface area contributed by atoms with E-state index in [0.29, 0.717) is 0 Å². The number of nitrogens with two attached hydrogens (primary N) is 1. The minimum atomic E-state index is -1.07. The standard InChI is InChI=1S/C14H12F4N2/c1-7-4-9(12(17)6-11(7)16)14(20-19)8-2-3-10(15)13(18)5-8/h2-6,14,20H,19H2,1H3. The van der Waals surface area contributed by atoms with Gasteiger partial charge >= 0.3 is 0 Å². The summed E-state index contributed by atoms with van der Waals surface area (Å²) in [5, 5.41) is 0. The molecule has 2 aromatic rings. The molecule has 0 aliphatic heterocycles. The molecular weight excluding hydrogens is 272 g/mol. The Morgan fingerprint density at radius 2 is 1.60 bits per heavy atom. The second-order valence-corrected chi connectivity index (χ2v) is 4.40. The van der Waals surface area contributed by atoms with Crippen molar-refractivity contribution in [2.75, 3.05) is 0 Å². The summed E-state index contributed by atoms with van der Waals surface area (Å²) < 4.78 is 53.2. The molecule has 0 spiro atoms. The van der Waals surface area contributed by atoms with Crippen LogP contribution in [0.2, 0.25) is 0 Å². The molecule has 106 valence electrons. The number of aryl methyl sites for hydroxylation is 1. The highest BCUT2D eigenvalue weighted by atomic mass is 19.2. The molecule has 6 heteroatoms. The average molecular weight is 284 g/mol. The Labute approximate surface area is 113 Å². The van der Waals surface area contributed by atoms with Crippen LogP contribution in [0.1, 0.15) is 22.7 Å². The third-order valence-corrected chi connectivity index (χ3v) is 3.03. The van der Waals surface area contributed by atoms with E-state index in [1.165, 1.54) is 19.1 Å². The number of benzene rings is 2. The molecule has 0 aliphatic carbocycles. The largest absolute Gasteiger partial charge is 0.271 e. The maximum atomic E-state index is 13.8. The summed E-state index contributed by atoms with van der Waals surface area (Å²) in [6, 6.07) is 4.21. The molecule has 2 nitrogen and oxygen atoms in total. The summed E-state index contributed by atoms with van der Waals surface area (Å²) in [4.78, 5) is 0. The molecule has 20 heavy (non-hydrogen) atoms. The zero-order valence-electron chi connectivity index (χ0n) is 10.6. The highest BCUT2D eigenvalue weighted by Gasteiger charge is 2.19. The Morgan fingerprint density at radius 1 is 0.900 bits per heavy atom. The number of hydrogen-bond acceptors (Lipinski definition) is 2. The molecule has 0 heterocycles. The van der Waals surface area contributed by atoms with E-state index in [9.17, 15) is 17.6 Å². The van der Waals surface area contributed by atoms with Gasteiger partial charge in [0.05, 0.1) is 6.04 Å². The van der Waals surface area contributed by atoms with Crippen molar-refractivity contribution >= 4 is 0 Å². The van der Waals surface area contributed by atoms with Gasteiger partial charge in [-0.15, -0.1) is 0 Å². The Kier molecular flexibility index (Phi) is 4.06. The third kappa shape index (κ3) is 2.66. The van der Waals surface area contributed by atoms with Gasteiger partial charge < -0.3 is 0 Å². The molecule has 3 N–H and O–H groups in total. The fourth-order valence-corrected chi connectivity index (χ4v) is 1.96. The van der Waals surface area contributed by atoms with Gasteiger partial charge in [0.2, 0.25) is 0 Å². The predicted octanol–water partition coefficient (Wildman–Crippen LogP) is 3.10. The highest BCUT2D eigenvalue weighted by molar-refractivity contribution is 5.36. The quantitative estimate of drug-likeness (QED) is 0.516. The summed E-state index contributed by atoms with van der Waals surface area (Å²) >= 11 is 0. The molecule has 0 saturated heterocycles. The van der Waals surface area contributed by atoms with E-state index in [0.717, 1.165) is 18.2 Å². The van der Waals surface area contributed by atoms with Crippen LogP contribution >= 0.6 is 0 Å². The third-order valence-electron chi connectivity index (χ3n) is 3.03. The van der Waals surface area contributed by atoms with E-state index in [1.54, 1.807) is 0 Å². The average Bonchev–Trinajstić information content (AvgIpc) is 2.40.